The second-order valence-corrected chi connectivity index (χ2v) is 8.52. The number of nitrogens with one attached hydrogen (secondary N) is 2. The van der Waals surface area contributed by atoms with Gasteiger partial charge in [0.15, 0.2) is 5.69 Å². The van der Waals surface area contributed by atoms with Gasteiger partial charge in [-0.15, -0.1) is 0 Å². The Balaban J connectivity index is 1.27. The van der Waals surface area contributed by atoms with Crippen molar-refractivity contribution in [3.8, 4) is 5.69 Å². The third-order valence-corrected chi connectivity index (χ3v) is 6.07. The lowest BCUT2D eigenvalue weighted by Crippen LogP contribution is -2.25. The first-order chi connectivity index (χ1) is 16.6. The molecule has 4 aromatic rings. The van der Waals surface area contributed by atoms with E-state index < -0.39 is 0 Å². The van der Waals surface area contributed by atoms with Crippen LogP contribution in [0.5, 0.6) is 0 Å². The van der Waals surface area contributed by atoms with E-state index in [1.807, 2.05) is 41.9 Å². The van der Waals surface area contributed by atoms with Gasteiger partial charge in [-0.3, -0.25) is 9.59 Å². The van der Waals surface area contributed by atoms with Crippen molar-refractivity contribution in [2.24, 2.45) is 0 Å². The molecule has 2 amide bonds. The summed E-state index contributed by atoms with van der Waals surface area (Å²) in [5, 5.41) is 10.5. The van der Waals surface area contributed by atoms with Gasteiger partial charge in [0, 0.05) is 23.4 Å². The molecule has 1 aliphatic rings. The van der Waals surface area contributed by atoms with Crippen LogP contribution >= 0.6 is 0 Å². The summed E-state index contributed by atoms with van der Waals surface area (Å²) in [6, 6.07) is 19.0. The summed E-state index contributed by atoms with van der Waals surface area (Å²) in [4.78, 5) is 25.5. The highest BCUT2D eigenvalue weighted by molar-refractivity contribution is 5.95. The number of carbonyl (C=O) groups is 2. The van der Waals surface area contributed by atoms with Crippen LogP contribution in [-0.2, 0) is 25.9 Å². The summed E-state index contributed by atoms with van der Waals surface area (Å²) in [7, 11) is 0. The van der Waals surface area contributed by atoms with E-state index in [0.717, 1.165) is 41.8 Å². The zero-order chi connectivity index (χ0) is 23.5. The first kappa shape index (κ1) is 21.7. The number of nitrogens with zero attached hydrogens (tertiary/aromatic N) is 2. The monoisotopic (exact) mass is 454 g/mol. The molecular formula is C27H26N4O3. The number of aryl methyl sites for hydroxylation is 1. The van der Waals surface area contributed by atoms with Crippen molar-refractivity contribution in [2.45, 2.75) is 39.3 Å². The number of hydrogen-bond donors (Lipinski definition) is 2. The lowest BCUT2D eigenvalue weighted by Gasteiger charge is -2.08. The third-order valence-electron chi connectivity index (χ3n) is 6.07. The molecule has 7 heteroatoms. The largest absolute Gasteiger partial charge is 0.467 e. The summed E-state index contributed by atoms with van der Waals surface area (Å²) in [6.07, 6.45) is 4.37. The molecule has 0 spiro atoms. The van der Waals surface area contributed by atoms with Crippen LogP contribution in [0.25, 0.3) is 5.69 Å². The van der Waals surface area contributed by atoms with Gasteiger partial charge in [0.2, 0.25) is 0 Å². The number of amides is 2. The maximum atomic E-state index is 13.1. The minimum atomic E-state index is -0.198. The number of carbonyl (C=O) groups excluding carboxylic acids is 2. The van der Waals surface area contributed by atoms with Gasteiger partial charge in [-0.05, 0) is 68.1 Å². The van der Waals surface area contributed by atoms with E-state index in [1.54, 1.807) is 24.5 Å². The van der Waals surface area contributed by atoms with Crippen LogP contribution in [0.1, 0.15) is 55.4 Å². The van der Waals surface area contributed by atoms with Crippen molar-refractivity contribution in [1.82, 2.24) is 20.4 Å². The zero-order valence-electron chi connectivity index (χ0n) is 19.0. The van der Waals surface area contributed by atoms with E-state index >= 15 is 0 Å². The first-order valence-electron chi connectivity index (χ1n) is 11.4. The molecule has 34 heavy (non-hydrogen) atoms. The van der Waals surface area contributed by atoms with Crippen LogP contribution in [0, 0.1) is 6.92 Å². The Kier molecular flexibility index (Phi) is 5.99. The fourth-order valence-electron chi connectivity index (χ4n) is 4.29. The van der Waals surface area contributed by atoms with E-state index in [2.05, 4.69) is 27.9 Å². The van der Waals surface area contributed by atoms with E-state index in [0.29, 0.717) is 30.1 Å². The zero-order valence-corrected chi connectivity index (χ0v) is 19.0. The van der Waals surface area contributed by atoms with Gasteiger partial charge in [-0.1, -0.05) is 29.8 Å². The molecule has 172 valence electrons. The molecule has 0 radical (unpaired) electrons. The molecule has 5 rings (SSSR count). The average molecular weight is 455 g/mol. The van der Waals surface area contributed by atoms with Crippen molar-refractivity contribution in [3.63, 3.8) is 0 Å². The number of hydrogen-bond acceptors (Lipinski definition) is 4. The third kappa shape index (κ3) is 4.50. The van der Waals surface area contributed by atoms with Gasteiger partial charge in [0.1, 0.15) is 5.76 Å². The minimum Gasteiger partial charge on any atom is -0.467 e. The molecule has 0 saturated heterocycles. The Hall–Kier alpha value is -4.13. The van der Waals surface area contributed by atoms with Gasteiger partial charge >= 0.3 is 0 Å². The smallest absolute Gasteiger partial charge is 0.272 e. The lowest BCUT2D eigenvalue weighted by atomic mass is 10.1. The van der Waals surface area contributed by atoms with Crippen LogP contribution in [-0.4, -0.2) is 21.6 Å². The summed E-state index contributed by atoms with van der Waals surface area (Å²) >= 11 is 0. The predicted octanol–water partition coefficient (Wildman–Crippen LogP) is 4.12. The molecule has 2 N–H and O–H groups in total. The highest BCUT2D eigenvalue weighted by Gasteiger charge is 2.26. The first-order valence-corrected chi connectivity index (χ1v) is 11.4. The molecule has 2 aromatic carbocycles. The summed E-state index contributed by atoms with van der Waals surface area (Å²) in [5.74, 6) is 0.297. The minimum absolute atomic E-state index is 0.195. The Bertz CT molecular complexity index is 1320. The summed E-state index contributed by atoms with van der Waals surface area (Å²) < 4.78 is 7.15. The van der Waals surface area contributed by atoms with Crippen molar-refractivity contribution in [1.29, 1.82) is 0 Å². The van der Waals surface area contributed by atoms with E-state index in [4.69, 9.17) is 4.42 Å². The van der Waals surface area contributed by atoms with Crippen molar-refractivity contribution in [2.75, 3.05) is 0 Å². The molecule has 7 nitrogen and oxygen atoms in total. The molecule has 0 bridgehead atoms. The maximum absolute atomic E-state index is 13.1. The predicted molar refractivity (Wildman–Crippen MR) is 128 cm³/mol. The second kappa shape index (κ2) is 9.39. The molecule has 1 aliphatic carbocycles. The molecule has 2 aromatic heterocycles. The summed E-state index contributed by atoms with van der Waals surface area (Å²) in [6.45, 7) is 2.68. The molecule has 0 saturated carbocycles. The van der Waals surface area contributed by atoms with Gasteiger partial charge < -0.3 is 15.1 Å². The van der Waals surface area contributed by atoms with Crippen molar-refractivity contribution in [3.05, 3.63) is 106 Å². The van der Waals surface area contributed by atoms with E-state index in [1.165, 1.54) is 5.56 Å². The number of aromatic nitrogens is 2. The summed E-state index contributed by atoms with van der Waals surface area (Å²) in [5.41, 5.74) is 6.16. The Morgan fingerprint density at radius 2 is 1.79 bits per heavy atom. The molecule has 0 fully saturated rings. The molecule has 2 heterocycles. The van der Waals surface area contributed by atoms with Crippen LogP contribution in [0.4, 0.5) is 0 Å². The molecule has 0 unspecified atom stereocenters. The van der Waals surface area contributed by atoms with Gasteiger partial charge in [0.05, 0.1) is 18.5 Å². The number of benzene rings is 2. The fourth-order valence-corrected chi connectivity index (χ4v) is 4.29. The van der Waals surface area contributed by atoms with Gasteiger partial charge in [-0.2, -0.15) is 5.10 Å². The highest BCUT2D eigenvalue weighted by Crippen LogP contribution is 2.28. The van der Waals surface area contributed by atoms with Crippen LogP contribution in [0.2, 0.25) is 0 Å². The Morgan fingerprint density at radius 1 is 0.971 bits per heavy atom. The molecular weight excluding hydrogens is 428 g/mol. The Labute approximate surface area is 197 Å². The van der Waals surface area contributed by atoms with Crippen molar-refractivity contribution < 1.29 is 14.0 Å². The second-order valence-electron chi connectivity index (χ2n) is 8.52. The Morgan fingerprint density at radius 3 is 2.59 bits per heavy atom. The maximum Gasteiger partial charge on any atom is 0.272 e. The normalized spacial score (nSPS) is 12.4. The highest BCUT2D eigenvalue weighted by atomic mass is 16.3. The number of furan rings is 1. The molecule has 0 aliphatic heterocycles. The molecule has 0 atom stereocenters. The average Bonchev–Trinajstić information content (AvgIpc) is 3.60. The van der Waals surface area contributed by atoms with E-state index in [9.17, 15) is 9.59 Å². The quantitative estimate of drug-likeness (QED) is 0.440. The van der Waals surface area contributed by atoms with Crippen LogP contribution < -0.4 is 10.6 Å². The van der Waals surface area contributed by atoms with Gasteiger partial charge in [-0.25, -0.2) is 4.68 Å². The topological polar surface area (TPSA) is 89.2 Å². The number of rotatable bonds is 7. The van der Waals surface area contributed by atoms with Crippen LogP contribution in [0.15, 0.2) is 71.3 Å². The standard InChI is InChI=1S/C27H26N4O3/c1-18-10-12-21(13-11-18)31-24-9-3-8-23(24)25(30-31)27(33)28-16-19-5-2-6-20(15-19)26(32)29-17-22-7-4-14-34-22/h2,4-7,10-15H,3,8-9,16-17H2,1H3,(H,28,33)(H,29,32). The SMILES string of the molecule is Cc1ccc(-n2nc(C(=O)NCc3cccc(C(=O)NCc4ccco4)c3)c3c2CCC3)cc1. The number of fused-ring (bicyclic) bond motifs is 1. The van der Waals surface area contributed by atoms with Crippen molar-refractivity contribution >= 4 is 11.8 Å². The van der Waals surface area contributed by atoms with E-state index in [-0.39, 0.29) is 11.8 Å². The lowest BCUT2D eigenvalue weighted by molar-refractivity contribution is 0.0940. The van der Waals surface area contributed by atoms with Crippen LogP contribution in [0.3, 0.4) is 0 Å². The fraction of sp³-hybridized carbons (Fsp3) is 0.222. The van der Waals surface area contributed by atoms with Gasteiger partial charge in [0.25, 0.3) is 11.8 Å².